The van der Waals surface area contributed by atoms with E-state index in [1.165, 1.54) is 0 Å². The van der Waals surface area contributed by atoms with Crippen LogP contribution >= 0.6 is 0 Å². The Hall–Kier alpha value is -2.90. The van der Waals surface area contributed by atoms with Crippen molar-refractivity contribution >= 4 is 11.9 Å². The number of hydrogen-bond donors (Lipinski definition) is 1. The zero-order valence-corrected chi connectivity index (χ0v) is 12.9. The van der Waals surface area contributed by atoms with Crippen molar-refractivity contribution in [1.82, 2.24) is 15.4 Å². The fourth-order valence-electron chi connectivity index (χ4n) is 1.85. The highest BCUT2D eigenvalue weighted by Crippen LogP contribution is 2.24. The Bertz CT molecular complexity index is 683. The average molecular weight is 319 g/mol. The lowest BCUT2D eigenvalue weighted by Gasteiger charge is -2.07. The minimum absolute atomic E-state index is 0.0920. The molecule has 2 aromatic rings. The van der Waals surface area contributed by atoms with Crippen LogP contribution in [0.5, 0.6) is 5.75 Å². The second-order valence-electron chi connectivity index (χ2n) is 4.36. The third-order valence-corrected chi connectivity index (χ3v) is 2.79. The Morgan fingerprint density at radius 1 is 1.13 bits per heavy atom. The number of carbonyl (C=O) groups is 2. The van der Waals surface area contributed by atoms with Crippen molar-refractivity contribution in [2.45, 2.75) is 13.8 Å². The van der Waals surface area contributed by atoms with Gasteiger partial charge in [0.15, 0.2) is 12.3 Å². The highest BCUT2D eigenvalue weighted by Gasteiger charge is 2.19. The maximum Gasteiger partial charge on any atom is 0.361 e. The van der Waals surface area contributed by atoms with Crippen LogP contribution < -0.4 is 4.74 Å². The topological polar surface area (TPSA) is 103 Å². The molecule has 0 saturated heterocycles. The third-order valence-electron chi connectivity index (χ3n) is 2.79. The van der Waals surface area contributed by atoms with Crippen LogP contribution in [0.3, 0.4) is 0 Å². The van der Waals surface area contributed by atoms with Crippen LogP contribution in [0, 0.1) is 0 Å². The molecule has 23 heavy (non-hydrogen) atoms. The monoisotopic (exact) mass is 319 g/mol. The van der Waals surface area contributed by atoms with E-state index in [1.54, 1.807) is 38.1 Å². The van der Waals surface area contributed by atoms with E-state index in [0.717, 1.165) is 0 Å². The van der Waals surface area contributed by atoms with Gasteiger partial charge in [0.05, 0.1) is 13.2 Å². The van der Waals surface area contributed by atoms with Gasteiger partial charge >= 0.3 is 11.9 Å². The van der Waals surface area contributed by atoms with Crippen LogP contribution in [-0.2, 0) is 14.3 Å². The molecule has 8 nitrogen and oxygen atoms in total. The number of aromatic amines is 1. The SMILES string of the molecule is CCOC(=O)COc1cccc(-c2n[nH]nc2C(=O)OCC)c1. The number of nitrogens with zero attached hydrogens (tertiary/aromatic N) is 2. The molecular formula is C15H17N3O5. The van der Waals surface area contributed by atoms with Gasteiger partial charge in [-0.2, -0.15) is 10.3 Å². The molecule has 1 heterocycles. The highest BCUT2D eigenvalue weighted by molar-refractivity contribution is 5.93. The molecule has 122 valence electrons. The van der Waals surface area contributed by atoms with Gasteiger partial charge in [0.1, 0.15) is 11.4 Å². The quantitative estimate of drug-likeness (QED) is 0.773. The predicted molar refractivity (Wildman–Crippen MR) is 79.9 cm³/mol. The molecule has 1 aromatic heterocycles. The van der Waals surface area contributed by atoms with Crippen molar-refractivity contribution in [2.75, 3.05) is 19.8 Å². The van der Waals surface area contributed by atoms with Gasteiger partial charge in [-0.15, -0.1) is 5.10 Å². The van der Waals surface area contributed by atoms with Crippen LogP contribution in [0.4, 0.5) is 0 Å². The largest absolute Gasteiger partial charge is 0.482 e. The van der Waals surface area contributed by atoms with Crippen molar-refractivity contribution in [3.8, 4) is 17.0 Å². The van der Waals surface area contributed by atoms with Crippen molar-refractivity contribution in [3.05, 3.63) is 30.0 Å². The number of ether oxygens (including phenoxy) is 3. The molecule has 1 aromatic carbocycles. The Kier molecular flexibility index (Phi) is 5.67. The molecule has 0 bridgehead atoms. The second kappa shape index (κ2) is 7.92. The molecule has 2 rings (SSSR count). The molecule has 0 saturated carbocycles. The minimum atomic E-state index is -0.561. The Labute approximate surface area is 132 Å². The second-order valence-corrected chi connectivity index (χ2v) is 4.36. The van der Waals surface area contributed by atoms with E-state index in [9.17, 15) is 9.59 Å². The molecule has 0 atom stereocenters. The van der Waals surface area contributed by atoms with Gasteiger partial charge in [0, 0.05) is 5.56 Å². The van der Waals surface area contributed by atoms with Crippen molar-refractivity contribution in [2.24, 2.45) is 0 Å². The number of benzene rings is 1. The smallest absolute Gasteiger partial charge is 0.361 e. The van der Waals surface area contributed by atoms with Crippen LogP contribution in [0.25, 0.3) is 11.3 Å². The number of rotatable bonds is 7. The summed E-state index contributed by atoms with van der Waals surface area (Å²) in [5, 5.41) is 10.2. The summed E-state index contributed by atoms with van der Waals surface area (Å²) in [6.45, 7) is 3.78. The first-order valence-corrected chi connectivity index (χ1v) is 7.12. The summed E-state index contributed by atoms with van der Waals surface area (Å²) in [5.41, 5.74) is 1.06. The van der Waals surface area contributed by atoms with Gasteiger partial charge in [-0.3, -0.25) is 0 Å². The summed E-state index contributed by atoms with van der Waals surface area (Å²) in [7, 11) is 0. The first kappa shape index (κ1) is 16.5. The molecule has 0 aliphatic heterocycles. The predicted octanol–water partition coefficient (Wildman–Crippen LogP) is 1.59. The normalized spacial score (nSPS) is 10.2. The Balaban J connectivity index is 2.15. The zero-order valence-electron chi connectivity index (χ0n) is 12.9. The van der Waals surface area contributed by atoms with Crippen molar-refractivity contribution in [3.63, 3.8) is 0 Å². The number of aromatic nitrogens is 3. The maximum atomic E-state index is 11.8. The summed E-state index contributed by atoms with van der Waals surface area (Å²) in [6, 6.07) is 6.81. The molecule has 0 aliphatic rings. The number of esters is 2. The zero-order chi connectivity index (χ0) is 16.7. The van der Waals surface area contributed by atoms with E-state index in [-0.39, 0.29) is 18.9 Å². The van der Waals surface area contributed by atoms with Gasteiger partial charge in [0.2, 0.25) is 0 Å². The molecule has 1 N–H and O–H groups in total. The summed E-state index contributed by atoms with van der Waals surface area (Å²) in [6.07, 6.45) is 0. The molecule has 0 fully saturated rings. The number of nitrogens with one attached hydrogen (secondary N) is 1. The number of H-pyrrole nitrogens is 1. The van der Waals surface area contributed by atoms with E-state index in [1.807, 2.05) is 0 Å². The van der Waals surface area contributed by atoms with Crippen molar-refractivity contribution in [1.29, 1.82) is 0 Å². The van der Waals surface area contributed by atoms with Crippen LogP contribution in [-0.4, -0.2) is 47.2 Å². The van der Waals surface area contributed by atoms with E-state index in [0.29, 0.717) is 23.6 Å². The van der Waals surface area contributed by atoms with Gasteiger partial charge < -0.3 is 14.2 Å². The number of hydrogen-bond acceptors (Lipinski definition) is 7. The Morgan fingerprint density at radius 3 is 2.65 bits per heavy atom. The minimum Gasteiger partial charge on any atom is -0.482 e. The van der Waals surface area contributed by atoms with Gasteiger partial charge in [0.25, 0.3) is 0 Å². The van der Waals surface area contributed by atoms with Crippen LogP contribution in [0.15, 0.2) is 24.3 Å². The molecule has 8 heteroatoms. The van der Waals surface area contributed by atoms with Crippen LogP contribution in [0.2, 0.25) is 0 Å². The first-order chi connectivity index (χ1) is 11.2. The summed E-state index contributed by atoms with van der Waals surface area (Å²) < 4.78 is 15.1. The van der Waals surface area contributed by atoms with E-state index in [4.69, 9.17) is 14.2 Å². The Morgan fingerprint density at radius 2 is 1.91 bits per heavy atom. The maximum absolute atomic E-state index is 11.8. The average Bonchev–Trinajstić information content (AvgIpc) is 3.03. The van der Waals surface area contributed by atoms with Gasteiger partial charge in [-0.05, 0) is 26.0 Å². The van der Waals surface area contributed by atoms with E-state index < -0.39 is 11.9 Å². The molecule has 0 unspecified atom stereocenters. The summed E-state index contributed by atoms with van der Waals surface area (Å²) in [5.74, 6) is -0.561. The molecular weight excluding hydrogens is 302 g/mol. The van der Waals surface area contributed by atoms with Gasteiger partial charge in [-0.1, -0.05) is 12.1 Å². The lowest BCUT2D eigenvalue weighted by molar-refractivity contribution is -0.145. The first-order valence-electron chi connectivity index (χ1n) is 7.12. The fourth-order valence-corrected chi connectivity index (χ4v) is 1.85. The van der Waals surface area contributed by atoms with E-state index in [2.05, 4.69) is 15.4 Å². The molecule has 0 radical (unpaired) electrons. The molecule has 0 spiro atoms. The van der Waals surface area contributed by atoms with Crippen LogP contribution in [0.1, 0.15) is 24.3 Å². The lowest BCUT2D eigenvalue weighted by Crippen LogP contribution is -2.14. The molecule has 0 aliphatic carbocycles. The summed E-state index contributed by atoms with van der Waals surface area (Å²) in [4.78, 5) is 23.1. The van der Waals surface area contributed by atoms with Gasteiger partial charge in [-0.25, -0.2) is 9.59 Å². The fraction of sp³-hybridized carbons (Fsp3) is 0.333. The standard InChI is InChI=1S/C15H17N3O5/c1-3-21-12(19)9-23-11-7-5-6-10(8-11)13-14(17-18-16-13)15(20)22-4-2/h5-8H,3-4,9H2,1-2H3,(H,16,17,18). The number of carbonyl (C=O) groups excluding carboxylic acids is 2. The van der Waals surface area contributed by atoms with Crippen molar-refractivity contribution < 1.29 is 23.8 Å². The van der Waals surface area contributed by atoms with E-state index >= 15 is 0 Å². The summed E-state index contributed by atoms with van der Waals surface area (Å²) >= 11 is 0. The molecule has 0 amide bonds. The lowest BCUT2D eigenvalue weighted by atomic mass is 10.1. The third kappa shape index (κ3) is 4.29. The highest BCUT2D eigenvalue weighted by atomic mass is 16.6.